The van der Waals surface area contributed by atoms with Gasteiger partial charge in [-0.3, -0.25) is 4.79 Å². The summed E-state index contributed by atoms with van der Waals surface area (Å²) in [6.45, 7) is 6.21. The predicted molar refractivity (Wildman–Crippen MR) is 137 cm³/mol. The number of benzene rings is 3. The van der Waals surface area contributed by atoms with E-state index >= 15 is 0 Å². The molecule has 0 aliphatic heterocycles. The maximum absolute atomic E-state index is 13.2. The molecule has 1 heterocycles. The Morgan fingerprint density at radius 2 is 1.59 bits per heavy atom. The topological polar surface area (TPSA) is 60.7 Å². The number of oxime groups is 1. The number of aromatic nitrogens is 1. The first-order chi connectivity index (χ1) is 15.4. The minimum atomic E-state index is -0.449. The number of aryl methyl sites for hydroxylation is 2. The number of nitrogens with zero attached hydrogens (tertiary/aromatic N) is 2. The summed E-state index contributed by atoms with van der Waals surface area (Å²) in [5, 5.41) is 6.08. The SMILES string of the molecule is CCn1c2ccc(C(=O)c3ccccc3C)cc2c2cc(C(CI)=NOC(C)=O)ccc21. The maximum Gasteiger partial charge on any atom is 0.331 e. The summed E-state index contributed by atoms with van der Waals surface area (Å²) >= 11 is 2.21. The zero-order valence-electron chi connectivity index (χ0n) is 18.2. The van der Waals surface area contributed by atoms with E-state index in [1.807, 2.05) is 55.5 Å². The van der Waals surface area contributed by atoms with Crippen molar-refractivity contribution in [3.05, 3.63) is 82.9 Å². The lowest BCUT2D eigenvalue weighted by atomic mass is 9.97. The van der Waals surface area contributed by atoms with Gasteiger partial charge in [0, 0.05) is 56.4 Å². The van der Waals surface area contributed by atoms with Crippen LogP contribution in [0.15, 0.2) is 65.8 Å². The van der Waals surface area contributed by atoms with Gasteiger partial charge in [-0.25, -0.2) is 4.79 Å². The van der Waals surface area contributed by atoms with Crippen LogP contribution in [-0.2, 0) is 16.2 Å². The Morgan fingerprint density at radius 3 is 2.19 bits per heavy atom. The highest BCUT2D eigenvalue weighted by Gasteiger charge is 2.16. The summed E-state index contributed by atoms with van der Waals surface area (Å²) in [6, 6.07) is 19.7. The van der Waals surface area contributed by atoms with Crippen molar-refractivity contribution in [1.82, 2.24) is 4.57 Å². The summed E-state index contributed by atoms with van der Waals surface area (Å²) in [6.07, 6.45) is 0. The molecule has 0 atom stereocenters. The van der Waals surface area contributed by atoms with Crippen molar-refractivity contribution < 1.29 is 14.4 Å². The first kappa shape index (κ1) is 22.2. The highest BCUT2D eigenvalue weighted by molar-refractivity contribution is 14.1. The molecule has 6 heteroatoms. The molecule has 4 aromatic rings. The first-order valence-electron chi connectivity index (χ1n) is 10.4. The summed E-state index contributed by atoms with van der Waals surface area (Å²) in [4.78, 5) is 29.3. The molecule has 0 N–H and O–H groups in total. The number of rotatable bonds is 6. The minimum Gasteiger partial charge on any atom is -0.341 e. The molecule has 0 saturated carbocycles. The highest BCUT2D eigenvalue weighted by atomic mass is 127. The fraction of sp³-hybridized carbons (Fsp3) is 0.192. The molecule has 0 radical (unpaired) electrons. The molecule has 0 amide bonds. The van der Waals surface area contributed by atoms with E-state index in [2.05, 4.69) is 51.4 Å². The average molecular weight is 538 g/mol. The standard InChI is InChI=1S/C26H23IN2O3/c1-4-29-24-11-9-18(23(15-27)28-32-17(3)30)13-21(24)22-14-19(10-12-25(22)29)26(31)20-8-6-5-7-16(20)2/h5-14H,4,15H2,1-3H3. The Hall–Kier alpha value is -3.00. The third-order valence-corrected chi connectivity index (χ3v) is 6.30. The number of halogens is 1. The summed E-state index contributed by atoms with van der Waals surface area (Å²) in [5.74, 6) is -0.432. The molecule has 162 valence electrons. The molecule has 5 nitrogen and oxygen atoms in total. The van der Waals surface area contributed by atoms with E-state index < -0.39 is 5.97 Å². The van der Waals surface area contributed by atoms with Gasteiger partial charge >= 0.3 is 5.97 Å². The lowest BCUT2D eigenvalue weighted by Crippen LogP contribution is -2.05. The monoisotopic (exact) mass is 538 g/mol. The molecule has 0 fully saturated rings. The number of fused-ring (bicyclic) bond motifs is 3. The van der Waals surface area contributed by atoms with Crippen LogP contribution in [0, 0.1) is 6.92 Å². The summed E-state index contributed by atoms with van der Waals surface area (Å²) < 4.78 is 2.84. The Kier molecular flexibility index (Phi) is 6.41. The van der Waals surface area contributed by atoms with Crippen molar-refractivity contribution in [3.63, 3.8) is 0 Å². The minimum absolute atomic E-state index is 0.0166. The fourth-order valence-corrected chi connectivity index (χ4v) is 4.60. The number of hydrogen-bond donors (Lipinski definition) is 0. The van der Waals surface area contributed by atoms with Gasteiger partial charge < -0.3 is 9.40 Å². The molecule has 0 aliphatic carbocycles. The number of ketones is 1. The quantitative estimate of drug-likeness (QED) is 0.0750. The predicted octanol–water partition coefficient (Wildman–Crippen LogP) is 6.06. The maximum atomic E-state index is 13.2. The van der Waals surface area contributed by atoms with Gasteiger partial charge in [-0.05, 0) is 49.7 Å². The van der Waals surface area contributed by atoms with Crippen LogP contribution >= 0.6 is 22.6 Å². The first-order valence-corrected chi connectivity index (χ1v) is 11.9. The van der Waals surface area contributed by atoms with E-state index in [9.17, 15) is 9.59 Å². The normalized spacial score (nSPS) is 11.8. The van der Waals surface area contributed by atoms with Crippen LogP contribution in [0.1, 0.15) is 40.9 Å². The van der Waals surface area contributed by atoms with Crippen LogP contribution in [-0.4, -0.2) is 26.5 Å². The molecule has 3 aromatic carbocycles. The number of alkyl halides is 1. The second-order valence-corrected chi connectivity index (χ2v) is 8.37. The van der Waals surface area contributed by atoms with Gasteiger partial charge in [0.15, 0.2) is 5.78 Å². The molecule has 0 bridgehead atoms. The summed E-state index contributed by atoms with van der Waals surface area (Å²) in [5.41, 5.74) is 6.08. The molecule has 0 spiro atoms. The van der Waals surface area contributed by atoms with Crippen LogP contribution in [0.25, 0.3) is 21.8 Å². The van der Waals surface area contributed by atoms with E-state index in [-0.39, 0.29) is 5.78 Å². The number of hydrogen-bond acceptors (Lipinski definition) is 4. The second-order valence-electron chi connectivity index (χ2n) is 7.61. The van der Waals surface area contributed by atoms with Crippen LogP contribution in [0.2, 0.25) is 0 Å². The van der Waals surface area contributed by atoms with E-state index in [4.69, 9.17) is 4.84 Å². The van der Waals surface area contributed by atoms with Crippen molar-refractivity contribution in [1.29, 1.82) is 0 Å². The van der Waals surface area contributed by atoms with Crippen LogP contribution in [0.5, 0.6) is 0 Å². The number of carbonyl (C=O) groups is 2. The van der Waals surface area contributed by atoms with Crippen molar-refractivity contribution in [2.75, 3.05) is 4.43 Å². The van der Waals surface area contributed by atoms with Crippen LogP contribution < -0.4 is 0 Å². The Labute approximate surface area is 200 Å². The molecule has 0 saturated heterocycles. The molecule has 32 heavy (non-hydrogen) atoms. The third-order valence-electron chi connectivity index (χ3n) is 5.58. The number of carbonyl (C=O) groups excluding carboxylic acids is 2. The Morgan fingerprint density at radius 1 is 0.969 bits per heavy atom. The van der Waals surface area contributed by atoms with Gasteiger partial charge in [0.2, 0.25) is 0 Å². The molecular formula is C26H23IN2O3. The fourth-order valence-electron chi connectivity index (χ4n) is 4.02. The van der Waals surface area contributed by atoms with Crippen molar-refractivity contribution in [2.45, 2.75) is 27.3 Å². The lowest BCUT2D eigenvalue weighted by Gasteiger charge is -2.06. The van der Waals surface area contributed by atoms with Gasteiger partial charge in [0.1, 0.15) is 0 Å². The third kappa shape index (κ3) is 4.07. The smallest absolute Gasteiger partial charge is 0.331 e. The van der Waals surface area contributed by atoms with E-state index in [0.717, 1.165) is 39.5 Å². The van der Waals surface area contributed by atoms with Gasteiger partial charge in [0.25, 0.3) is 0 Å². The zero-order chi connectivity index (χ0) is 22.8. The van der Waals surface area contributed by atoms with Crippen molar-refractivity contribution in [2.24, 2.45) is 5.16 Å². The van der Waals surface area contributed by atoms with Gasteiger partial charge in [-0.1, -0.05) is 58.1 Å². The van der Waals surface area contributed by atoms with Crippen LogP contribution in [0.4, 0.5) is 0 Å². The van der Waals surface area contributed by atoms with E-state index in [0.29, 0.717) is 21.3 Å². The van der Waals surface area contributed by atoms with Crippen LogP contribution in [0.3, 0.4) is 0 Å². The van der Waals surface area contributed by atoms with E-state index in [1.54, 1.807) is 0 Å². The highest BCUT2D eigenvalue weighted by Crippen LogP contribution is 2.32. The van der Waals surface area contributed by atoms with Gasteiger partial charge in [-0.2, -0.15) is 0 Å². The molecule has 0 unspecified atom stereocenters. The molecular weight excluding hydrogens is 515 g/mol. The Bertz CT molecular complexity index is 1380. The van der Waals surface area contributed by atoms with Gasteiger partial charge in [-0.15, -0.1) is 0 Å². The second kappa shape index (κ2) is 9.24. The Balaban J connectivity index is 1.90. The molecule has 1 aromatic heterocycles. The van der Waals surface area contributed by atoms with Crippen molar-refractivity contribution >= 4 is 61.9 Å². The lowest BCUT2D eigenvalue weighted by molar-refractivity contribution is -0.140. The van der Waals surface area contributed by atoms with Crippen molar-refractivity contribution in [3.8, 4) is 0 Å². The van der Waals surface area contributed by atoms with E-state index in [1.165, 1.54) is 6.92 Å². The zero-order valence-corrected chi connectivity index (χ0v) is 20.3. The molecule has 4 rings (SSSR count). The molecule has 0 aliphatic rings. The largest absolute Gasteiger partial charge is 0.341 e. The average Bonchev–Trinajstić information content (AvgIpc) is 3.11. The summed E-state index contributed by atoms with van der Waals surface area (Å²) in [7, 11) is 0. The van der Waals surface area contributed by atoms with Gasteiger partial charge in [0.05, 0.1) is 5.71 Å².